The minimum absolute atomic E-state index is 0.196. The third-order valence-electron chi connectivity index (χ3n) is 3.45. The first-order valence-corrected chi connectivity index (χ1v) is 7.98. The molecule has 0 amide bonds. The van der Waals surface area contributed by atoms with Gasteiger partial charge in [-0.05, 0) is 34.6 Å². The minimum atomic E-state index is 0.196. The van der Waals surface area contributed by atoms with E-state index in [1.54, 1.807) is 0 Å². The zero-order valence-corrected chi connectivity index (χ0v) is 14.0. The summed E-state index contributed by atoms with van der Waals surface area (Å²) >= 11 is 8.60. The van der Waals surface area contributed by atoms with Crippen molar-refractivity contribution in [2.24, 2.45) is 5.73 Å². The second-order valence-corrected chi connectivity index (χ2v) is 6.09. The summed E-state index contributed by atoms with van der Waals surface area (Å²) in [6.45, 7) is 6.76. The van der Waals surface area contributed by atoms with Crippen molar-refractivity contribution in [3.63, 3.8) is 0 Å². The van der Waals surface area contributed by atoms with Gasteiger partial charge in [0, 0.05) is 35.4 Å². The Morgan fingerprint density at radius 3 is 3.10 bits per heavy atom. The topological polar surface area (TPSA) is 50.5 Å². The molecule has 0 saturated carbocycles. The lowest BCUT2D eigenvalue weighted by Gasteiger charge is -2.32. The van der Waals surface area contributed by atoms with Gasteiger partial charge in [0.1, 0.15) is 4.99 Å². The average molecular weight is 358 g/mol. The maximum Gasteiger partial charge on any atom is 0.107 e. The van der Waals surface area contributed by atoms with E-state index >= 15 is 0 Å². The van der Waals surface area contributed by atoms with Crippen LogP contribution >= 0.6 is 28.1 Å². The van der Waals surface area contributed by atoms with Gasteiger partial charge < -0.3 is 15.8 Å². The zero-order chi connectivity index (χ0) is 14.5. The number of hydrogen-bond donors (Lipinski definition) is 2. The molecular weight excluding hydrogens is 338 g/mol. The molecule has 0 aliphatic carbocycles. The highest BCUT2D eigenvalue weighted by Gasteiger charge is 2.19. The molecule has 20 heavy (non-hydrogen) atoms. The molecule has 4 nitrogen and oxygen atoms in total. The highest BCUT2D eigenvalue weighted by molar-refractivity contribution is 9.10. The van der Waals surface area contributed by atoms with Crippen LogP contribution in [0.3, 0.4) is 0 Å². The molecule has 2 rings (SSSR count). The second kappa shape index (κ2) is 7.36. The molecule has 110 valence electrons. The number of halogens is 1. The maximum atomic E-state index is 5.79. The van der Waals surface area contributed by atoms with E-state index in [1.165, 1.54) is 0 Å². The van der Waals surface area contributed by atoms with Crippen molar-refractivity contribution in [2.45, 2.75) is 13.0 Å². The van der Waals surface area contributed by atoms with E-state index in [9.17, 15) is 0 Å². The van der Waals surface area contributed by atoms with Gasteiger partial charge in [-0.15, -0.1) is 0 Å². The number of anilines is 1. The van der Waals surface area contributed by atoms with Crippen molar-refractivity contribution in [3.8, 4) is 0 Å². The van der Waals surface area contributed by atoms with Crippen LogP contribution in [0.4, 0.5) is 5.69 Å². The molecule has 0 bridgehead atoms. The maximum absolute atomic E-state index is 5.79. The number of ether oxygens (including phenoxy) is 1. The van der Waals surface area contributed by atoms with E-state index in [4.69, 9.17) is 22.7 Å². The number of hydrogen-bond acceptors (Lipinski definition) is 4. The number of thiocarbonyl (C=S) groups is 1. The molecule has 1 unspecified atom stereocenters. The highest BCUT2D eigenvalue weighted by Crippen LogP contribution is 2.24. The van der Waals surface area contributed by atoms with Gasteiger partial charge in [-0.2, -0.15) is 0 Å². The molecular formula is C14H20BrN3OS. The number of likely N-dealkylation sites (N-methyl/N-ethyl adjacent to an activating group) is 1. The first-order chi connectivity index (χ1) is 9.61. The summed E-state index contributed by atoms with van der Waals surface area (Å²) in [4.78, 5) is 2.78. The molecule has 1 aliphatic heterocycles. The van der Waals surface area contributed by atoms with Crippen LogP contribution in [-0.2, 0) is 4.74 Å². The van der Waals surface area contributed by atoms with Gasteiger partial charge >= 0.3 is 0 Å². The number of nitrogens with two attached hydrogens (primary N) is 1. The fraction of sp³-hybridized carbons (Fsp3) is 0.500. The second-order valence-electron chi connectivity index (χ2n) is 4.79. The number of nitrogens with one attached hydrogen (secondary N) is 1. The van der Waals surface area contributed by atoms with Crippen LogP contribution in [0.15, 0.2) is 22.7 Å². The summed E-state index contributed by atoms with van der Waals surface area (Å²) in [6.07, 6.45) is 0.196. The molecule has 0 radical (unpaired) electrons. The van der Waals surface area contributed by atoms with Gasteiger partial charge in [0.2, 0.25) is 0 Å². The SMILES string of the molecule is CCN1CCOC(CNc2cccc(Br)c2C(N)=S)C1. The van der Waals surface area contributed by atoms with E-state index in [0.29, 0.717) is 4.99 Å². The molecule has 6 heteroatoms. The van der Waals surface area contributed by atoms with Crippen molar-refractivity contribution in [1.29, 1.82) is 0 Å². The van der Waals surface area contributed by atoms with E-state index in [0.717, 1.165) is 48.5 Å². The molecule has 3 N–H and O–H groups in total. The Kier molecular flexibility index (Phi) is 5.77. The minimum Gasteiger partial charge on any atom is -0.389 e. The number of benzene rings is 1. The zero-order valence-electron chi connectivity index (χ0n) is 11.6. The third kappa shape index (κ3) is 3.91. The molecule has 0 aromatic heterocycles. The van der Waals surface area contributed by atoms with E-state index in [2.05, 4.69) is 33.1 Å². The van der Waals surface area contributed by atoms with Crippen molar-refractivity contribution in [1.82, 2.24) is 4.90 Å². The predicted octanol–water partition coefficient (Wildman–Crippen LogP) is 2.22. The summed E-state index contributed by atoms with van der Waals surface area (Å²) in [7, 11) is 0. The van der Waals surface area contributed by atoms with Crippen LogP contribution in [-0.4, -0.2) is 48.8 Å². The molecule has 1 aliphatic rings. The lowest BCUT2D eigenvalue weighted by atomic mass is 10.1. The Bertz CT molecular complexity index is 483. The predicted molar refractivity (Wildman–Crippen MR) is 90.4 cm³/mol. The molecule has 1 heterocycles. The van der Waals surface area contributed by atoms with Crippen molar-refractivity contribution < 1.29 is 4.74 Å². The summed E-state index contributed by atoms with van der Waals surface area (Å²) in [5.74, 6) is 0. The van der Waals surface area contributed by atoms with E-state index < -0.39 is 0 Å². The van der Waals surface area contributed by atoms with Crippen LogP contribution in [0.25, 0.3) is 0 Å². The number of nitrogens with zero attached hydrogens (tertiary/aromatic N) is 1. The molecule has 1 aromatic rings. The Hall–Kier alpha value is -0.690. The number of rotatable bonds is 5. The van der Waals surface area contributed by atoms with Crippen LogP contribution in [0.5, 0.6) is 0 Å². The summed E-state index contributed by atoms with van der Waals surface area (Å²) in [6, 6.07) is 5.89. The molecule has 1 atom stereocenters. The van der Waals surface area contributed by atoms with Crippen molar-refractivity contribution in [2.75, 3.05) is 38.1 Å². The lowest BCUT2D eigenvalue weighted by Crippen LogP contribution is -2.45. The lowest BCUT2D eigenvalue weighted by molar-refractivity contribution is -0.0191. The smallest absolute Gasteiger partial charge is 0.107 e. The van der Waals surface area contributed by atoms with Gasteiger partial charge in [-0.25, -0.2) is 0 Å². The van der Waals surface area contributed by atoms with Crippen LogP contribution in [0, 0.1) is 0 Å². The molecule has 0 spiro atoms. The van der Waals surface area contributed by atoms with Crippen LogP contribution in [0.1, 0.15) is 12.5 Å². The third-order valence-corrected chi connectivity index (χ3v) is 4.32. The fourth-order valence-corrected chi connectivity index (χ4v) is 3.27. The first kappa shape index (κ1) is 15.7. The van der Waals surface area contributed by atoms with Gasteiger partial charge in [0.25, 0.3) is 0 Å². The molecule has 1 saturated heterocycles. The summed E-state index contributed by atoms with van der Waals surface area (Å²) in [5.41, 5.74) is 7.59. The Balaban J connectivity index is 2.00. The largest absolute Gasteiger partial charge is 0.389 e. The van der Waals surface area contributed by atoms with Gasteiger partial charge in [-0.3, -0.25) is 4.90 Å². The van der Waals surface area contributed by atoms with Gasteiger partial charge in [0.15, 0.2) is 0 Å². The fourth-order valence-electron chi connectivity index (χ4n) is 2.34. The Labute approximate surface area is 133 Å². The van der Waals surface area contributed by atoms with Crippen molar-refractivity contribution >= 4 is 38.8 Å². The molecule has 1 aromatic carbocycles. The highest BCUT2D eigenvalue weighted by atomic mass is 79.9. The quantitative estimate of drug-likeness (QED) is 0.791. The molecule has 1 fully saturated rings. The Morgan fingerprint density at radius 1 is 1.60 bits per heavy atom. The standard InChI is InChI=1S/C14H20BrN3OS/c1-2-18-6-7-19-10(9-18)8-17-12-5-3-4-11(15)13(12)14(16)20/h3-5,10,17H,2,6-9H2,1H3,(H2,16,20). The number of morpholine rings is 1. The summed E-state index contributed by atoms with van der Waals surface area (Å²) in [5, 5.41) is 3.40. The average Bonchev–Trinajstić information content (AvgIpc) is 2.45. The van der Waals surface area contributed by atoms with Crippen molar-refractivity contribution in [3.05, 3.63) is 28.2 Å². The van der Waals surface area contributed by atoms with E-state index in [1.807, 2.05) is 18.2 Å². The Morgan fingerprint density at radius 2 is 2.40 bits per heavy atom. The monoisotopic (exact) mass is 357 g/mol. The van der Waals surface area contributed by atoms with Crippen LogP contribution < -0.4 is 11.1 Å². The summed E-state index contributed by atoms with van der Waals surface area (Å²) < 4.78 is 6.69. The normalized spacial score (nSPS) is 19.8. The van der Waals surface area contributed by atoms with Gasteiger partial charge in [0.05, 0.1) is 12.7 Å². The van der Waals surface area contributed by atoms with Gasteiger partial charge in [-0.1, -0.05) is 25.2 Å². The van der Waals surface area contributed by atoms with Crippen LogP contribution in [0.2, 0.25) is 0 Å². The first-order valence-electron chi connectivity index (χ1n) is 6.78. The van der Waals surface area contributed by atoms with E-state index in [-0.39, 0.29) is 6.10 Å².